The lowest BCUT2D eigenvalue weighted by molar-refractivity contribution is -0.141. The molecule has 2 bridgehead atoms. The first-order valence-corrected chi connectivity index (χ1v) is 10.9. The maximum Gasteiger partial charge on any atom is 0.433 e. The van der Waals surface area contributed by atoms with Crippen molar-refractivity contribution < 1.29 is 31.1 Å². The summed E-state index contributed by atoms with van der Waals surface area (Å²) in [6.45, 7) is 0. The summed E-state index contributed by atoms with van der Waals surface area (Å²) in [4.78, 5) is 15.1. The van der Waals surface area contributed by atoms with Crippen molar-refractivity contribution >= 4 is 16.0 Å². The molecular weight excluding hydrogens is 449 g/mol. The molecule has 2 aliphatic rings. The van der Waals surface area contributed by atoms with Gasteiger partial charge in [-0.2, -0.15) is 30.8 Å². The molecule has 0 fully saturated rings. The van der Waals surface area contributed by atoms with Crippen LogP contribution < -0.4 is 5.32 Å². The Morgan fingerprint density at radius 2 is 1.97 bits per heavy atom. The molecule has 2 unspecified atom stereocenters. The highest BCUT2D eigenvalue weighted by Gasteiger charge is 2.43. The van der Waals surface area contributed by atoms with Crippen molar-refractivity contribution in [2.75, 3.05) is 7.11 Å². The quantitative estimate of drug-likeness (QED) is 0.595. The minimum absolute atomic E-state index is 0.208. The van der Waals surface area contributed by atoms with E-state index >= 15 is 0 Å². The van der Waals surface area contributed by atoms with Gasteiger partial charge in [0.05, 0.1) is 30.6 Å². The van der Waals surface area contributed by atoms with Crippen molar-refractivity contribution in [3.8, 4) is 0 Å². The molecule has 8 nitrogen and oxygen atoms in total. The Labute approximate surface area is 180 Å². The van der Waals surface area contributed by atoms with Crippen molar-refractivity contribution in [3.63, 3.8) is 0 Å². The Morgan fingerprint density at radius 3 is 2.62 bits per heavy atom. The Bertz CT molecular complexity index is 1350. The van der Waals surface area contributed by atoms with Crippen molar-refractivity contribution in [3.05, 3.63) is 76.4 Å². The van der Waals surface area contributed by atoms with Crippen LogP contribution in [0, 0.1) is 0 Å². The number of esters is 1. The highest BCUT2D eigenvalue weighted by Crippen LogP contribution is 2.46. The highest BCUT2D eigenvalue weighted by atomic mass is 32.2. The van der Waals surface area contributed by atoms with E-state index in [0.717, 1.165) is 21.3 Å². The third-order valence-electron chi connectivity index (χ3n) is 5.70. The van der Waals surface area contributed by atoms with Crippen molar-refractivity contribution in [2.24, 2.45) is 0 Å². The zero-order valence-electron chi connectivity index (χ0n) is 16.4. The number of carbonyl (C=O) groups is 1. The van der Waals surface area contributed by atoms with E-state index in [4.69, 9.17) is 4.74 Å². The maximum atomic E-state index is 13.1. The van der Waals surface area contributed by atoms with Crippen molar-refractivity contribution in [1.29, 1.82) is 0 Å². The van der Waals surface area contributed by atoms with Crippen LogP contribution in [-0.2, 0) is 27.4 Å². The number of benzene rings is 1. The van der Waals surface area contributed by atoms with Crippen LogP contribution in [0.5, 0.6) is 0 Å². The van der Waals surface area contributed by atoms with Gasteiger partial charge in [-0.15, -0.1) is 0 Å². The van der Waals surface area contributed by atoms with Crippen LogP contribution >= 0.6 is 0 Å². The minimum atomic E-state index is -4.68. The van der Waals surface area contributed by atoms with E-state index in [2.05, 4.69) is 15.4 Å². The summed E-state index contributed by atoms with van der Waals surface area (Å²) in [6.07, 6.45) is -2.38. The van der Waals surface area contributed by atoms with Gasteiger partial charge in [-0.25, -0.2) is 4.79 Å². The summed E-state index contributed by atoms with van der Waals surface area (Å²) in [5, 5.41) is 7.40. The van der Waals surface area contributed by atoms with Gasteiger partial charge in [-0.05, 0) is 29.3 Å². The summed E-state index contributed by atoms with van der Waals surface area (Å²) in [7, 11) is -3.00. The molecule has 1 N–H and O–H groups in total. The molecule has 2 aliphatic heterocycles. The van der Waals surface area contributed by atoms with Gasteiger partial charge >= 0.3 is 12.1 Å². The molecule has 2 aromatic heterocycles. The van der Waals surface area contributed by atoms with Gasteiger partial charge in [-0.3, -0.25) is 10.3 Å². The number of aromatic nitrogens is 3. The molecule has 1 aromatic carbocycles. The SMILES string of the molecule is COC(=O)c1cccc2c1C1Cc3c(cnn3S(=O)(=O)c3ccc(C(F)(F)F)nc3)C2N1. The molecule has 4 heterocycles. The molecule has 2 atom stereocenters. The number of carbonyl (C=O) groups excluding carboxylic acids is 1. The van der Waals surface area contributed by atoms with Crippen LogP contribution in [0.1, 0.15) is 50.5 Å². The Balaban J connectivity index is 1.56. The number of hydrogen-bond donors (Lipinski definition) is 1. The summed E-state index contributed by atoms with van der Waals surface area (Å²) in [5.74, 6) is -0.495. The lowest BCUT2D eigenvalue weighted by Gasteiger charge is -2.23. The molecular formula is C20H15F3N4O4S. The van der Waals surface area contributed by atoms with Gasteiger partial charge in [0, 0.05) is 24.2 Å². The number of nitrogens with zero attached hydrogens (tertiary/aromatic N) is 3. The molecule has 0 amide bonds. The van der Waals surface area contributed by atoms with Gasteiger partial charge in [-0.1, -0.05) is 12.1 Å². The van der Waals surface area contributed by atoms with Crippen LogP contribution in [0.3, 0.4) is 0 Å². The first kappa shape index (κ1) is 20.6. The van der Waals surface area contributed by atoms with E-state index in [1.165, 1.54) is 13.3 Å². The second-order valence-electron chi connectivity index (χ2n) is 7.43. The first-order valence-electron chi connectivity index (χ1n) is 9.45. The smallest absolute Gasteiger partial charge is 0.433 e. The number of alkyl halides is 3. The van der Waals surface area contributed by atoms with Gasteiger partial charge in [0.25, 0.3) is 10.0 Å². The molecule has 0 spiro atoms. The highest BCUT2D eigenvalue weighted by molar-refractivity contribution is 7.89. The minimum Gasteiger partial charge on any atom is -0.465 e. The maximum absolute atomic E-state index is 13.1. The number of methoxy groups -OCH3 is 1. The third-order valence-corrected chi connectivity index (χ3v) is 7.31. The fourth-order valence-electron chi connectivity index (χ4n) is 4.31. The summed E-state index contributed by atoms with van der Waals surface area (Å²) in [6, 6.07) is 5.97. The molecule has 166 valence electrons. The van der Waals surface area contributed by atoms with Crippen LogP contribution in [0.2, 0.25) is 0 Å². The van der Waals surface area contributed by atoms with E-state index in [0.29, 0.717) is 29.1 Å². The van der Waals surface area contributed by atoms with Gasteiger partial charge < -0.3 is 4.74 Å². The number of fused-ring (bicyclic) bond motifs is 7. The number of rotatable bonds is 3. The fourth-order valence-corrected chi connectivity index (χ4v) is 5.58. The molecule has 0 aliphatic carbocycles. The van der Waals surface area contributed by atoms with Crippen LogP contribution in [0.15, 0.2) is 47.6 Å². The second kappa shape index (κ2) is 6.87. The van der Waals surface area contributed by atoms with Crippen LogP contribution in [0.4, 0.5) is 13.2 Å². The zero-order valence-corrected chi connectivity index (χ0v) is 17.2. The number of halogens is 3. The number of ether oxygens (including phenoxy) is 1. The van der Waals surface area contributed by atoms with E-state index in [9.17, 15) is 26.4 Å². The number of hydrogen-bond acceptors (Lipinski definition) is 7. The number of nitrogens with one attached hydrogen (secondary N) is 1. The molecule has 0 radical (unpaired) electrons. The summed E-state index contributed by atoms with van der Waals surface area (Å²) < 4.78 is 70.3. The lowest BCUT2D eigenvalue weighted by atomic mass is 9.96. The van der Waals surface area contributed by atoms with Crippen molar-refractivity contribution in [2.45, 2.75) is 29.6 Å². The molecule has 32 heavy (non-hydrogen) atoms. The molecule has 0 saturated heterocycles. The van der Waals surface area contributed by atoms with Crippen LogP contribution in [-0.4, -0.2) is 35.7 Å². The van der Waals surface area contributed by atoms with E-state index < -0.39 is 32.8 Å². The van der Waals surface area contributed by atoms with E-state index in [1.54, 1.807) is 12.1 Å². The van der Waals surface area contributed by atoms with Gasteiger partial charge in [0.1, 0.15) is 10.6 Å². The Kier molecular flexibility index (Phi) is 4.43. The van der Waals surface area contributed by atoms with Gasteiger partial charge in [0.15, 0.2) is 0 Å². The molecule has 5 rings (SSSR count). The Morgan fingerprint density at radius 1 is 1.19 bits per heavy atom. The average Bonchev–Trinajstić information content (AvgIpc) is 3.34. The van der Waals surface area contributed by atoms with Crippen molar-refractivity contribution in [1.82, 2.24) is 19.5 Å². The monoisotopic (exact) mass is 464 g/mol. The summed E-state index contributed by atoms with van der Waals surface area (Å²) >= 11 is 0. The van der Waals surface area contributed by atoms with E-state index in [-0.39, 0.29) is 18.5 Å². The molecule has 3 aromatic rings. The number of pyridine rings is 1. The fraction of sp³-hybridized carbons (Fsp3) is 0.250. The lowest BCUT2D eigenvalue weighted by Crippen LogP contribution is -2.29. The zero-order chi connectivity index (χ0) is 22.8. The molecule has 12 heteroatoms. The normalized spacial score (nSPS) is 19.4. The average molecular weight is 464 g/mol. The first-order chi connectivity index (χ1) is 15.1. The van der Waals surface area contributed by atoms with E-state index in [1.807, 2.05) is 6.07 Å². The molecule has 0 saturated carbocycles. The topological polar surface area (TPSA) is 103 Å². The van der Waals surface area contributed by atoms with Crippen LogP contribution in [0.25, 0.3) is 0 Å². The predicted molar refractivity (Wildman–Crippen MR) is 103 cm³/mol. The third kappa shape index (κ3) is 2.93. The predicted octanol–water partition coefficient (Wildman–Crippen LogP) is 2.61. The second-order valence-corrected chi connectivity index (χ2v) is 9.20. The Hall–Kier alpha value is -3.25. The standard InChI is InChI=1S/C20H15F3N4O4S/c1-31-19(28)12-4-2-3-11-17(12)14-7-15-13(18(11)26-14)9-25-27(15)32(29,30)10-5-6-16(24-8-10)20(21,22)23/h2-6,8-9,14,18,26H,7H2,1H3. The van der Waals surface area contributed by atoms with Gasteiger partial charge in [0.2, 0.25) is 0 Å². The largest absolute Gasteiger partial charge is 0.465 e. The summed E-state index contributed by atoms with van der Waals surface area (Å²) in [5.41, 5.74) is 1.78.